The van der Waals surface area contributed by atoms with Gasteiger partial charge in [-0.15, -0.1) is 0 Å². The molecule has 0 spiro atoms. The molecule has 0 radical (unpaired) electrons. The topological polar surface area (TPSA) is 133 Å². The maximum absolute atomic E-state index is 13.0. The van der Waals surface area contributed by atoms with E-state index in [9.17, 15) is 18.0 Å². The Balaban J connectivity index is 1.34. The van der Waals surface area contributed by atoms with Crippen molar-refractivity contribution in [3.63, 3.8) is 0 Å². The van der Waals surface area contributed by atoms with Crippen LogP contribution in [0.2, 0.25) is 0 Å². The van der Waals surface area contributed by atoms with Gasteiger partial charge in [0.05, 0.1) is 27.0 Å². The van der Waals surface area contributed by atoms with Crippen molar-refractivity contribution in [1.29, 1.82) is 0 Å². The summed E-state index contributed by atoms with van der Waals surface area (Å²) >= 11 is 0. The van der Waals surface area contributed by atoms with Crippen LogP contribution in [0.15, 0.2) is 46.1 Å². The van der Waals surface area contributed by atoms with Crippen LogP contribution >= 0.6 is 0 Å². The summed E-state index contributed by atoms with van der Waals surface area (Å²) in [6.07, 6.45) is 3.28. The Hall–Kier alpha value is -3.44. The summed E-state index contributed by atoms with van der Waals surface area (Å²) < 4.78 is 29.6. The number of sulfonamides is 1. The number of aryl methyl sites for hydroxylation is 2. The molecule has 3 N–H and O–H groups in total. The number of aromatic nitrogens is 4. The van der Waals surface area contributed by atoms with Crippen LogP contribution in [0.4, 0.5) is 5.69 Å². The van der Waals surface area contributed by atoms with Gasteiger partial charge in [0.15, 0.2) is 0 Å². The molecule has 1 aliphatic rings. The summed E-state index contributed by atoms with van der Waals surface area (Å²) in [5, 5.41) is 2.86. The van der Waals surface area contributed by atoms with Crippen molar-refractivity contribution in [2.45, 2.75) is 50.5 Å². The third-order valence-electron chi connectivity index (χ3n) is 6.32. The van der Waals surface area contributed by atoms with Crippen LogP contribution in [-0.2, 0) is 27.8 Å². The molecule has 0 bridgehead atoms. The van der Waals surface area contributed by atoms with E-state index >= 15 is 0 Å². The van der Waals surface area contributed by atoms with E-state index in [1.807, 2.05) is 6.07 Å². The molecule has 0 atom stereocenters. The van der Waals surface area contributed by atoms with Gasteiger partial charge in [0, 0.05) is 38.2 Å². The lowest BCUT2D eigenvalue weighted by molar-refractivity contribution is -0.116. The molecular weight excluding hydrogens is 468 g/mol. The Morgan fingerprint density at radius 3 is 2.63 bits per heavy atom. The van der Waals surface area contributed by atoms with E-state index in [-0.39, 0.29) is 22.9 Å². The predicted molar refractivity (Wildman–Crippen MR) is 134 cm³/mol. The van der Waals surface area contributed by atoms with Crippen LogP contribution in [0.25, 0.3) is 22.1 Å². The number of fused-ring (bicyclic) bond motifs is 2. The number of imidazole rings is 2. The average Bonchev–Trinajstić information content (AvgIpc) is 3.56. The molecule has 4 aromatic rings. The van der Waals surface area contributed by atoms with E-state index in [0.717, 1.165) is 37.1 Å². The van der Waals surface area contributed by atoms with Crippen LogP contribution in [0.5, 0.6) is 0 Å². The zero-order valence-corrected chi connectivity index (χ0v) is 20.3. The Morgan fingerprint density at radius 1 is 1.09 bits per heavy atom. The first-order chi connectivity index (χ1) is 16.8. The SMILES string of the molecule is CCCn1c(CCC(=O)Nc2ccc3[nH]c(=O)[nH]c3c2)nc2cc(S(=O)(=O)N3CCCC3)ccc21. The van der Waals surface area contributed by atoms with Crippen molar-refractivity contribution in [2.75, 3.05) is 18.4 Å². The highest BCUT2D eigenvalue weighted by Crippen LogP contribution is 2.26. The molecule has 0 aliphatic carbocycles. The van der Waals surface area contributed by atoms with Gasteiger partial charge < -0.3 is 19.9 Å². The lowest BCUT2D eigenvalue weighted by Crippen LogP contribution is -2.27. The highest BCUT2D eigenvalue weighted by atomic mass is 32.2. The van der Waals surface area contributed by atoms with E-state index in [2.05, 4.69) is 26.8 Å². The number of nitrogens with one attached hydrogen (secondary N) is 3. The third-order valence-corrected chi connectivity index (χ3v) is 8.22. The van der Waals surface area contributed by atoms with Gasteiger partial charge in [-0.3, -0.25) is 4.79 Å². The second-order valence-corrected chi connectivity index (χ2v) is 10.8. The first-order valence-corrected chi connectivity index (χ1v) is 13.3. The third kappa shape index (κ3) is 4.61. The van der Waals surface area contributed by atoms with E-state index in [1.165, 1.54) is 4.31 Å². The number of carbonyl (C=O) groups is 1. The summed E-state index contributed by atoms with van der Waals surface area (Å²) in [5.41, 5.74) is 3.08. The number of H-pyrrole nitrogens is 2. The van der Waals surface area contributed by atoms with Crippen molar-refractivity contribution >= 4 is 43.7 Å². The maximum Gasteiger partial charge on any atom is 0.323 e. The van der Waals surface area contributed by atoms with Gasteiger partial charge in [-0.1, -0.05) is 6.92 Å². The van der Waals surface area contributed by atoms with Crippen molar-refractivity contribution in [1.82, 2.24) is 23.8 Å². The minimum atomic E-state index is -3.52. The van der Waals surface area contributed by atoms with Crippen LogP contribution < -0.4 is 11.0 Å². The Kier molecular flexibility index (Phi) is 6.20. The fourth-order valence-electron chi connectivity index (χ4n) is 4.62. The molecule has 5 rings (SSSR count). The number of carbonyl (C=O) groups excluding carboxylic acids is 1. The maximum atomic E-state index is 13.0. The molecule has 10 nitrogen and oxygen atoms in total. The molecule has 11 heteroatoms. The molecule has 2 aromatic carbocycles. The van der Waals surface area contributed by atoms with Crippen LogP contribution in [0, 0.1) is 0 Å². The summed E-state index contributed by atoms with van der Waals surface area (Å²) in [5.74, 6) is 0.577. The van der Waals surface area contributed by atoms with Gasteiger partial charge in [0.25, 0.3) is 0 Å². The van der Waals surface area contributed by atoms with Crippen LogP contribution in [0.3, 0.4) is 0 Å². The zero-order valence-electron chi connectivity index (χ0n) is 19.5. The van der Waals surface area contributed by atoms with Crippen molar-refractivity contribution in [2.24, 2.45) is 0 Å². The minimum Gasteiger partial charge on any atom is -0.328 e. The van der Waals surface area contributed by atoms with Gasteiger partial charge in [-0.05, 0) is 55.7 Å². The Labute approximate surface area is 202 Å². The highest BCUT2D eigenvalue weighted by Gasteiger charge is 2.28. The highest BCUT2D eigenvalue weighted by molar-refractivity contribution is 7.89. The molecular formula is C24H28N6O4S. The normalized spacial score (nSPS) is 14.8. The molecule has 0 unspecified atom stereocenters. The van der Waals surface area contributed by atoms with Gasteiger partial charge in [-0.2, -0.15) is 4.31 Å². The number of amides is 1. The van der Waals surface area contributed by atoms with E-state index < -0.39 is 10.0 Å². The first-order valence-electron chi connectivity index (χ1n) is 11.9. The summed E-state index contributed by atoms with van der Waals surface area (Å²) in [6, 6.07) is 10.3. The molecule has 1 fully saturated rings. The van der Waals surface area contributed by atoms with E-state index in [4.69, 9.17) is 4.98 Å². The summed E-state index contributed by atoms with van der Waals surface area (Å²) in [6.45, 7) is 3.90. The standard InChI is InChI=1S/C24H28N6O4S/c1-2-11-30-21-8-6-17(35(33,34)29-12-3-4-13-29)15-20(21)26-22(30)9-10-23(31)25-16-5-7-18-19(14-16)28-24(32)27-18/h5-8,14-15H,2-4,9-13H2,1H3,(H,25,31)(H2,27,28,32). The average molecular weight is 497 g/mol. The minimum absolute atomic E-state index is 0.172. The van der Waals surface area contributed by atoms with Crippen molar-refractivity contribution < 1.29 is 13.2 Å². The Bertz CT molecular complexity index is 1560. The zero-order chi connectivity index (χ0) is 24.6. The molecule has 0 saturated carbocycles. The Morgan fingerprint density at radius 2 is 1.86 bits per heavy atom. The molecule has 3 heterocycles. The number of hydrogen-bond acceptors (Lipinski definition) is 5. The molecule has 184 valence electrons. The smallest absolute Gasteiger partial charge is 0.323 e. The lowest BCUT2D eigenvalue weighted by atomic mass is 10.2. The second-order valence-electron chi connectivity index (χ2n) is 8.83. The van der Waals surface area contributed by atoms with Crippen LogP contribution in [0.1, 0.15) is 38.4 Å². The molecule has 2 aromatic heterocycles. The number of benzene rings is 2. The van der Waals surface area contributed by atoms with Crippen molar-refractivity contribution in [3.8, 4) is 0 Å². The quantitative estimate of drug-likeness (QED) is 0.345. The second kappa shape index (κ2) is 9.31. The van der Waals surface area contributed by atoms with Crippen molar-refractivity contribution in [3.05, 3.63) is 52.7 Å². The summed E-state index contributed by atoms with van der Waals surface area (Å²) in [4.78, 5) is 34.4. The largest absolute Gasteiger partial charge is 0.328 e. The lowest BCUT2D eigenvalue weighted by Gasteiger charge is -2.15. The van der Waals surface area contributed by atoms with E-state index in [1.54, 1.807) is 30.3 Å². The van der Waals surface area contributed by atoms with Gasteiger partial charge in [0.2, 0.25) is 15.9 Å². The first kappa shape index (κ1) is 23.3. The molecule has 1 amide bonds. The molecule has 1 aliphatic heterocycles. The molecule has 1 saturated heterocycles. The molecule has 35 heavy (non-hydrogen) atoms. The van der Waals surface area contributed by atoms with Crippen LogP contribution in [-0.4, -0.2) is 51.2 Å². The summed E-state index contributed by atoms with van der Waals surface area (Å²) in [7, 11) is -3.52. The van der Waals surface area contributed by atoms with Gasteiger partial charge in [0.1, 0.15) is 5.82 Å². The fraction of sp³-hybridized carbons (Fsp3) is 0.375. The number of anilines is 1. The number of aromatic amines is 2. The predicted octanol–water partition coefficient (Wildman–Crippen LogP) is 2.97. The van der Waals surface area contributed by atoms with Gasteiger partial charge in [-0.25, -0.2) is 18.2 Å². The number of hydrogen-bond donors (Lipinski definition) is 3. The fourth-order valence-corrected chi connectivity index (χ4v) is 6.16. The van der Waals surface area contributed by atoms with Gasteiger partial charge >= 0.3 is 5.69 Å². The van der Waals surface area contributed by atoms with E-state index in [0.29, 0.717) is 41.7 Å². The number of rotatable bonds is 8. The monoisotopic (exact) mass is 496 g/mol. The number of nitrogens with zero attached hydrogens (tertiary/aromatic N) is 3.